The number of aromatic nitrogens is 2. The highest BCUT2D eigenvalue weighted by molar-refractivity contribution is 6.30. The molecule has 6 rings (SSSR count). The minimum Gasteiger partial charge on any atom is -0.394 e. The minimum absolute atomic E-state index is 0.0435. The number of nitrogens with one attached hydrogen (secondary N) is 11. The number of carbonyl (C=O) groups excluding carboxylic acids is 12. The Labute approximate surface area is 623 Å². The van der Waals surface area contributed by atoms with Crippen molar-refractivity contribution in [3.63, 3.8) is 0 Å². The van der Waals surface area contributed by atoms with E-state index in [0.29, 0.717) is 66.8 Å². The fourth-order valence-corrected chi connectivity index (χ4v) is 12.3. The summed E-state index contributed by atoms with van der Waals surface area (Å²) in [5.41, 5.74) is 13.4. The van der Waals surface area contributed by atoms with Crippen LogP contribution in [0.4, 0.5) is 0 Å². The summed E-state index contributed by atoms with van der Waals surface area (Å²) in [5, 5.41) is 43.8. The van der Waals surface area contributed by atoms with Crippen LogP contribution in [-0.2, 0) is 72.0 Å². The molecule has 0 saturated carbocycles. The summed E-state index contributed by atoms with van der Waals surface area (Å²) in [4.78, 5) is 178. The summed E-state index contributed by atoms with van der Waals surface area (Å²) < 4.78 is 0. The molecule has 1 fully saturated rings. The van der Waals surface area contributed by atoms with Gasteiger partial charge in [0.1, 0.15) is 60.4 Å². The molecule has 10 atom stereocenters. The number of rotatable bonds is 44. The van der Waals surface area contributed by atoms with Crippen molar-refractivity contribution >= 4 is 93.3 Å². The summed E-state index contributed by atoms with van der Waals surface area (Å²) in [6, 6.07) is 13.3. The Morgan fingerprint density at radius 1 is 0.538 bits per heavy atom. The zero-order valence-electron chi connectivity index (χ0n) is 61.3. The maximum Gasteiger partial charge on any atom is 0.252 e. The van der Waals surface area contributed by atoms with Crippen LogP contribution >= 0.6 is 11.6 Å². The Morgan fingerprint density at radius 2 is 1.05 bits per heavy atom. The van der Waals surface area contributed by atoms with Gasteiger partial charge in [0.25, 0.3) is 5.91 Å². The van der Waals surface area contributed by atoms with E-state index < -0.39 is 138 Å². The first-order chi connectivity index (χ1) is 50.7. The number of primary amides is 1. The van der Waals surface area contributed by atoms with Crippen LogP contribution in [0.3, 0.4) is 0 Å². The van der Waals surface area contributed by atoms with Gasteiger partial charge in [0.05, 0.1) is 12.2 Å². The summed E-state index contributed by atoms with van der Waals surface area (Å²) in [7, 11) is 0. The second kappa shape index (κ2) is 44.1. The van der Waals surface area contributed by atoms with Gasteiger partial charge in [0.2, 0.25) is 65.0 Å². The van der Waals surface area contributed by atoms with E-state index in [-0.39, 0.29) is 89.4 Å². The first kappa shape index (κ1) is 85.0. The van der Waals surface area contributed by atoms with Crippen molar-refractivity contribution in [1.29, 1.82) is 0 Å². The maximum atomic E-state index is 14.9. The molecule has 1 saturated heterocycles. The van der Waals surface area contributed by atoms with Crippen LogP contribution in [0.2, 0.25) is 5.02 Å². The number of likely N-dealkylation sites (tertiary alicyclic amines) is 1. The highest BCUT2D eigenvalue weighted by atomic mass is 35.5. The Morgan fingerprint density at radius 3 is 1.62 bits per heavy atom. The van der Waals surface area contributed by atoms with Gasteiger partial charge in [-0.25, -0.2) is 0 Å². The lowest BCUT2D eigenvalue weighted by molar-refractivity contribution is -0.142. The first-order valence-corrected chi connectivity index (χ1v) is 36.7. The van der Waals surface area contributed by atoms with Crippen LogP contribution in [0.25, 0.3) is 10.8 Å². The third-order valence-electron chi connectivity index (χ3n) is 17.9. The number of hydrogen-bond acceptors (Lipinski definition) is 17. The van der Waals surface area contributed by atoms with Crippen molar-refractivity contribution < 1.29 is 62.6 Å². The summed E-state index contributed by atoms with van der Waals surface area (Å²) in [5.74, 6) is -8.98. The number of unbranched alkanes of at least 4 members (excludes halogenated alkanes) is 3. The number of amides is 12. The lowest BCUT2D eigenvalue weighted by Gasteiger charge is -2.31. The van der Waals surface area contributed by atoms with Gasteiger partial charge in [0.15, 0.2) is 0 Å². The van der Waals surface area contributed by atoms with Crippen molar-refractivity contribution in [2.75, 3.05) is 32.8 Å². The van der Waals surface area contributed by atoms with E-state index in [1.165, 1.54) is 43.5 Å². The van der Waals surface area contributed by atoms with E-state index in [1.54, 1.807) is 48.5 Å². The zero-order chi connectivity index (χ0) is 77.2. The van der Waals surface area contributed by atoms with Crippen molar-refractivity contribution in [2.24, 2.45) is 17.4 Å². The van der Waals surface area contributed by atoms with Gasteiger partial charge in [-0.3, -0.25) is 67.5 Å². The van der Waals surface area contributed by atoms with Gasteiger partial charge in [-0.2, -0.15) is 0 Å². The van der Waals surface area contributed by atoms with Crippen LogP contribution in [0.5, 0.6) is 0 Å². The molecule has 0 aliphatic carbocycles. The van der Waals surface area contributed by atoms with Crippen LogP contribution < -0.4 is 70.0 Å². The van der Waals surface area contributed by atoms with Crippen molar-refractivity contribution in [3.05, 3.63) is 143 Å². The van der Waals surface area contributed by atoms with Gasteiger partial charge in [-0.15, -0.1) is 0 Å². The summed E-state index contributed by atoms with van der Waals surface area (Å²) >= 11 is 6.24. The number of fused-ring (bicyclic) bond motifs is 1. The zero-order valence-corrected chi connectivity index (χ0v) is 62.0. The molecule has 29 nitrogen and oxygen atoms in total. The normalized spacial score (nSPS) is 15.2. The highest BCUT2D eigenvalue weighted by Crippen LogP contribution is 2.22. The molecule has 0 bridgehead atoms. The van der Waals surface area contributed by atoms with E-state index in [9.17, 15) is 62.6 Å². The number of carbonyl (C=O) groups is 12. The van der Waals surface area contributed by atoms with Crippen LogP contribution in [-0.4, -0.2) is 190 Å². The number of aliphatic hydroxyl groups excluding tert-OH is 1. The maximum absolute atomic E-state index is 14.9. The number of hydrogen-bond donors (Lipinski definition) is 14. The molecule has 106 heavy (non-hydrogen) atoms. The predicted molar refractivity (Wildman–Crippen MR) is 400 cm³/mol. The van der Waals surface area contributed by atoms with Crippen molar-refractivity contribution in [3.8, 4) is 0 Å². The van der Waals surface area contributed by atoms with E-state index in [1.807, 2.05) is 70.2 Å². The Kier molecular flexibility index (Phi) is 35.3. The lowest BCUT2D eigenvalue weighted by atomic mass is 9.99. The Hall–Kier alpha value is -9.97. The highest BCUT2D eigenvalue weighted by Gasteiger charge is 2.40. The molecule has 1 aliphatic rings. The Balaban J connectivity index is 1.24. The molecule has 30 heteroatoms. The third-order valence-corrected chi connectivity index (χ3v) is 18.2. The molecule has 10 unspecified atom stereocenters. The minimum atomic E-state index is -1.77. The van der Waals surface area contributed by atoms with Gasteiger partial charge < -0.3 is 80.0 Å². The molecule has 12 amide bonds. The molecule has 3 heterocycles. The fraction of sp³-hybridized carbons (Fsp3) is 0.500. The quantitative estimate of drug-likeness (QED) is 0.0248. The molecule has 2 aromatic heterocycles. The molecule has 5 aromatic rings. The van der Waals surface area contributed by atoms with E-state index >= 15 is 0 Å². The number of nitrogens with zero attached hydrogens (tertiary/aromatic N) is 3. The largest absolute Gasteiger partial charge is 0.394 e. The average Bonchev–Trinajstić information content (AvgIpc) is 1.62. The van der Waals surface area contributed by atoms with Gasteiger partial charge in [0, 0.05) is 75.1 Å². The SMILES string of the molecule is CC(=O)NC(Cc1ccc2ccccc2c1)C(=O)NC(Cc1ccc(Cl)cc1)C(=O)NC(Cc1cccnc1)C(=O)NC(CO)C(=O)NC(CCCCN)C(=O)NC(CCCCNC(=O)c1cccnc1)C(=O)NC(CC(C)C)C(=O)NC(CCCCNC(C)C)C(=O)N1CCCC1C(=O)NC(C)C(N)=O. The topological polar surface area (TPSA) is 438 Å². The van der Waals surface area contributed by atoms with Gasteiger partial charge >= 0.3 is 0 Å². The predicted octanol–water partition coefficient (Wildman–Crippen LogP) is 2.13. The smallest absolute Gasteiger partial charge is 0.252 e. The van der Waals surface area contributed by atoms with E-state index in [0.717, 1.165) is 16.3 Å². The molecule has 0 radical (unpaired) electrons. The van der Waals surface area contributed by atoms with Crippen LogP contribution in [0.1, 0.15) is 146 Å². The molecule has 16 N–H and O–H groups in total. The van der Waals surface area contributed by atoms with Crippen molar-refractivity contribution in [1.82, 2.24) is 73.4 Å². The van der Waals surface area contributed by atoms with E-state index in [2.05, 4.69) is 68.5 Å². The average molecular weight is 1490 g/mol. The number of halogens is 1. The lowest BCUT2D eigenvalue weighted by Crippen LogP contribution is -2.61. The van der Waals surface area contributed by atoms with Crippen molar-refractivity contribution in [2.45, 2.75) is 204 Å². The second-order valence-corrected chi connectivity index (χ2v) is 27.9. The first-order valence-electron chi connectivity index (χ1n) is 36.4. The standard InChI is InChI=1S/C76H105ClN16O13/c1-46(2)38-60(70(100)88-59(24-11-13-35-82-47(3)4)76(106)93-37-17-25-65(93)75(105)84-48(5)66(79)96)89-69(99)58(23-10-14-36-83-67(97)55-21-16-34-81-44-55)86-68(98)57(22-9-12-32-78)87-74(104)64(45-94)92-73(103)63(42-52-18-15-33-80-43-52)91-72(102)62(40-50-27-30-56(77)31-28-50)90-71(101)61(85-49(6)95)41-51-26-29-53-19-7-8-20-54(53)39-51/h7-8,15-16,18-21,26-31,33-34,39,43-44,46-48,57-65,82,94H,9-14,17,22-25,32,35-38,40-42,45,78H2,1-6H3,(H2,79,96)(H,83,97)(H,84,105)(H,85,95)(H,86,98)(H,87,104)(H,88,100)(H,89,99)(H,90,101)(H,91,102)(H,92,103). The molecular formula is C76H105ClN16O13. The van der Waals surface area contributed by atoms with E-state index in [4.69, 9.17) is 23.1 Å². The number of pyridine rings is 2. The number of nitrogens with two attached hydrogens (primary N) is 2. The Bertz CT molecular complexity index is 3740. The van der Waals surface area contributed by atoms with Gasteiger partial charge in [-0.05, 0) is 161 Å². The molecule has 574 valence electrons. The molecular weight excluding hydrogens is 1380 g/mol. The summed E-state index contributed by atoms with van der Waals surface area (Å²) in [6.07, 6.45) is 8.71. The molecule has 0 spiro atoms. The molecule has 1 aliphatic heterocycles. The number of aliphatic hydroxyl groups is 1. The molecule has 3 aromatic carbocycles. The fourth-order valence-electron chi connectivity index (χ4n) is 12.2. The van der Waals surface area contributed by atoms with Gasteiger partial charge in [-0.1, -0.05) is 100.0 Å². The van der Waals surface area contributed by atoms with Crippen LogP contribution in [0, 0.1) is 5.92 Å². The van der Waals surface area contributed by atoms with Crippen LogP contribution in [0.15, 0.2) is 116 Å². The second-order valence-electron chi connectivity index (χ2n) is 27.5. The summed E-state index contributed by atoms with van der Waals surface area (Å²) in [6.45, 7) is 10.5. The third kappa shape index (κ3) is 28.5. The monoisotopic (exact) mass is 1480 g/mol. The number of benzene rings is 3.